The molecule has 0 aliphatic carbocycles. The molecule has 5 heteroatoms. The minimum Gasteiger partial charge on any atom is -0.497 e. The van der Waals surface area contributed by atoms with Gasteiger partial charge in [-0.15, -0.1) is 0 Å². The van der Waals surface area contributed by atoms with Gasteiger partial charge >= 0.3 is 0 Å². The van der Waals surface area contributed by atoms with Crippen LogP contribution in [0.4, 0.5) is 0 Å². The number of ether oxygens (including phenoxy) is 3. The lowest BCUT2D eigenvalue weighted by molar-refractivity contribution is -0.128. The Bertz CT molecular complexity index is 919. The zero-order valence-corrected chi connectivity index (χ0v) is 18.4. The second-order valence-corrected chi connectivity index (χ2v) is 8.50. The number of rotatable bonds is 5. The fraction of sp³-hybridized carbons (Fsp3) is 0.458. The molecule has 0 spiro atoms. The average Bonchev–Trinajstić information content (AvgIpc) is 2.64. The standard InChI is InChI=1S/C24H31NO4/c1-14-10-15(2)16(3)22(11-14)28-17(4)23(26)25-20-13-24(5,6)29-21-9-8-18(27-7)12-19(20)21/h8-12,17,20H,13H2,1-7H3,(H,25,26)/t17-,20-/m1/s1. The maximum Gasteiger partial charge on any atom is 0.261 e. The summed E-state index contributed by atoms with van der Waals surface area (Å²) in [6, 6.07) is 9.60. The van der Waals surface area contributed by atoms with Crippen LogP contribution in [0.25, 0.3) is 0 Å². The van der Waals surface area contributed by atoms with Gasteiger partial charge in [-0.3, -0.25) is 4.79 Å². The van der Waals surface area contributed by atoms with Gasteiger partial charge in [-0.25, -0.2) is 0 Å². The van der Waals surface area contributed by atoms with E-state index in [9.17, 15) is 4.79 Å². The van der Waals surface area contributed by atoms with Crippen LogP contribution >= 0.6 is 0 Å². The van der Waals surface area contributed by atoms with Gasteiger partial charge in [0.2, 0.25) is 0 Å². The molecule has 0 fully saturated rings. The molecule has 0 aromatic heterocycles. The van der Waals surface area contributed by atoms with Crippen LogP contribution in [0.5, 0.6) is 17.2 Å². The van der Waals surface area contributed by atoms with E-state index in [1.54, 1.807) is 14.0 Å². The Balaban J connectivity index is 1.79. The topological polar surface area (TPSA) is 56.8 Å². The predicted molar refractivity (Wildman–Crippen MR) is 114 cm³/mol. The second-order valence-electron chi connectivity index (χ2n) is 8.50. The average molecular weight is 398 g/mol. The quantitative estimate of drug-likeness (QED) is 0.787. The van der Waals surface area contributed by atoms with Crippen molar-refractivity contribution in [2.75, 3.05) is 7.11 Å². The molecule has 1 heterocycles. The van der Waals surface area contributed by atoms with E-state index in [-0.39, 0.29) is 17.6 Å². The lowest BCUT2D eigenvalue weighted by atomic mass is 9.89. The molecular weight excluding hydrogens is 366 g/mol. The number of fused-ring (bicyclic) bond motifs is 1. The van der Waals surface area contributed by atoms with E-state index in [0.717, 1.165) is 39.5 Å². The summed E-state index contributed by atoms with van der Waals surface area (Å²) in [5.74, 6) is 2.10. The molecule has 0 saturated carbocycles. The molecule has 2 atom stereocenters. The summed E-state index contributed by atoms with van der Waals surface area (Å²) in [5.41, 5.74) is 3.86. The first kappa shape index (κ1) is 21.0. The number of hydrogen-bond acceptors (Lipinski definition) is 4. The third-order valence-electron chi connectivity index (χ3n) is 5.43. The molecule has 3 rings (SSSR count). The van der Waals surface area contributed by atoms with Crippen molar-refractivity contribution >= 4 is 5.91 Å². The molecule has 0 saturated heterocycles. The number of aryl methyl sites for hydroxylation is 2. The first-order valence-corrected chi connectivity index (χ1v) is 10.0. The fourth-order valence-corrected chi connectivity index (χ4v) is 3.74. The van der Waals surface area contributed by atoms with E-state index >= 15 is 0 Å². The van der Waals surface area contributed by atoms with Gasteiger partial charge in [-0.05, 0) is 82.5 Å². The number of methoxy groups -OCH3 is 1. The van der Waals surface area contributed by atoms with Crippen molar-refractivity contribution in [3.05, 3.63) is 52.6 Å². The van der Waals surface area contributed by atoms with Crippen molar-refractivity contribution in [2.24, 2.45) is 0 Å². The van der Waals surface area contributed by atoms with E-state index < -0.39 is 6.10 Å². The lowest BCUT2D eigenvalue weighted by Crippen LogP contribution is -2.44. The molecule has 1 N–H and O–H groups in total. The van der Waals surface area contributed by atoms with Crippen molar-refractivity contribution in [2.45, 2.75) is 65.7 Å². The Morgan fingerprint density at radius 2 is 1.93 bits per heavy atom. The van der Waals surface area contributed by atoms with Crippen molar-refractivity contribution in [3.63, 3.8) is 0 Å². The molecule has 0 bridgehead atoms. The van der Waals surface area contributed by atoms with Crippen molar-refractivity contribution in [3.8, 4) is 17.2 Å². The highest BCUT2D eigenvalue weighted by Gasteiger charge is 2.35. The van der Waals surface area contributed by atoms with Crippen LogP contribution in [0.3, 0.4) is 0 Å². The summed E-state index contributed by atoms with van der Waals surface area (Å²) < 4.78 is 17.5. The Kier molecular flexibility index (Phi) is 5.78. The maximum absolute atomic E-state index is 13.0. The van der Waals surface area contributed by atoms with Crippen LogP contribution in [0, 0.1) is 20.8 Å². The Morgan fingerprint density at radius 3 is 2.62 bits per heavy atom. The van der Waals surface area contributed by atoms with Gasteiger partial charge in [0.1, 0.15) is 22.8 Å². The highest BCUT2D eigenvalue weighted by molar-refractivity contribution is 5.81. The van der Waals surface area contributed by atoms with Crippen molar-refractivity contribution in [1.29, 1.82) is 0 Å². The summed E-state index contributed by atoms with van der Waals surface area (Å²) in [6.07, 6.45) is 0.0451. The highest BCUT2D eigenvalue weighted by atomic mass is 16.5. The van der Waals surface area contributed by atoms with Crippen LogP contribution in [-0.4, -0.2) is 24.7 Å². The van der Waals surface area contributed by atoms with Gasteiger partial charge in [-0.2, -0.15) is 0 Å². The van der Waals surface area contributed by atoms with Crippen LogP contribution in [0.2, 0.25) is 0 Å². The van der Waals surface area contributed by atoms with Crippen molar-refractivity contribution in [1.82, 2.24) is 5.32 Å². The summed E-state index contributed by atoms with van der Waals surface area (Å²) in [5, 5.41) is 3.15. The van der Waals surface area contributed by atoms with E-state index in [0.29, 0.717) is 6.42 Å². The molecular formula is C24H31NO4. The van der Waals surface area contributed by atoms with Gasteiger partial charge < -0.3 is 19.5 Å². The monoisotopic (exact) mass is 397 g/mol. The van der Waals surface area contributed by atoms with Crippen LogP contribution in [-0.2, 0) is 4.79 Å². The predicted octanol–water partition coefficient (Wildman–Crippen LogP) is 4.81. The third kappa shape index (κ3) is 4.66. The van der Waals surface area contributed by atoms with Crippen LogP contribution in [0.1, 0.15) is 55.5 Å². The van der Waals surface area contributed by atoms with Gasteiger partial charge in [0.25, 0.3) is 5.91 Å². The molecule has 156 valence electrons. The van der Waals surface area contributed by atoms with Crippen LogP contribution in [0.15, 0.2) is 30.3 Å². The molecule has 0 unspecified atom stereocenters. The summed E-state index contributed by atoms with van der Waals surface area (Å²) in [4.78, 5) is 13.0. The number of hydrogen-bond donors (Lipinski definition) is 1. The maximum atomic E-state index is 13.0. The Labute approximate surface area is 173 Å². The summed E-state index contributed by atoms with van der Waals surface area (Å²) in [7, 11) is 1.63. The van der Waals surface area contributed by atoms with Gasteiger partial charge in [0.05, 0.1) is 13.2 Å². The van der Waals surface area contributed by atoms with Crippen LogP contribution < -0.4 is 19.5 Å². The highest BCUT2D eigenvalue weighted by Crippen LogP contribution is 2.41. The van der Waals surface area contributed by atoms with Crippen molar-refractivity contribution < 1.29 is 19.0 Å². The first-order valence-electron chi connectivity index (χ1n) is 10.0. The zero-order valence-electron chi connectivity index (χ0n) is 18.4. The number of carbonyl (C=O) groups excluding carboxylic acids is 1. The molecule has 0 radical (unpaired) electrons. The number of carbonyl (C=O) groups is 1. The number of nitrogens with one attached hydrogen (secondary N) is 1. The molecule has 29 heavy (non-hydrogen) atoms. The van der Waals surface area contributed by atoms with Gasteiger partial charge in [0, 0.05) is 12.0 Å². The second kappa shape index (κ2) is 7.97. The largest absolute Gasteiger partial charge is 0.497 e. The van der Waals surface area contributed by atoms with E-state index in [4.69, 9.17) is 14.2 Å². The minimum absolute atomic E-state index is 0.153. The minimum atomic E-state index is -0.616. The molecule has 5 nitrogen and oxygen atoms in total. The fourth-order valence-electron chi connectivity index (χ4n) is 3.74. The Morgan fingerprint density at radius 1 is 1.21 bits per heavy atom. The normalized spacial score (nSPS) is 18.2. The molecule has 1 aliphatic heterocycles. The summed E-state index contributed by atoms with van der Waals surface area (Å²) in [6.45, 7) is 11.9. The van der Waals surface area contributed by atoms with E-state index in [2.05, 4.69) is 11.4 Å². The van der Waals surface area contributed by atoms with Gasteiger partial charge in [0.15, 0.2) is 6.10 Å². The first-order chi connectivity index (χ1) is 13.6. The summed E-state index contributed by atoms with van der Waals surface area (Å²) >= 11 is 0. The third-order valence-corrected chi connectivity index (χ3v) is 5.43. The molecule has 1 aliphatic rings. The van der Waals surface area contributed by atoms with Gasteiger partial charge in [-0.1, -0.05) is 6.07 Å². The number of amides is 1. The molecule has 1 amide bonds. The lowest BCUT2D eigenvalue weighted by Gasteiger charge is -2.38. The number of benzene rings is 2. The zero-order chi connectivity index (χ0) is 21.3. The van der Waals surface area contributed by atoms with E-state index in [1.807, 2.05) is 58.9 Å². The Hall–Kier alpha value is -2.69. The smallest absolute Gasteiger partial charge is 0.261 e. The molecule has 2 aromatic rings. The van der Waals surface area contributed by atoms with E-state index in [1.165, 1.54) is 0 Å². The molecule has 2 aromatic carbocycles. The SMILES string of the molecule is COc1ccc2c(c1)[C@H](NC(=O)[C@@H](C)Oc1cc(C)cc(C)c1C)CC(C)(C)O2.